The van der Waals surface area contributed by atoms with Gasteiger partial charge in [-0.25, -0.2) is 4.79 Å². The SMILES string of the molecule is CC(C)c1ccc(C(=O)CN2C(=O)NC(C)(C)C2=O)cc1. The third-order valence-electron chi connectivity index (χ3n) is 3.65. The monoisotopic (exact) mass is 288 g/mol. The van der Waals surface area contributed by atoms with Crippen molar-refractivity contribution >= 4 is 17.7 Å². The number of Topliss-reactive ketones (excluding diaryl/α,β-unsaturated/α-hetero) is 1. The fraction of sp³-hybridized carbons (Fsp3) is 0.438. The number of carbonyl (C=O) groups excluding carboxylic acids is 3. The first-order valence-electron chi connectivity index (χ1n) is 6.99. The molecule has 1 aromatic carbocycles. The van der Waals surface area contributed by atoms with Crippen molar-refractivity contribution in [2.75, 3.05) is 6.54 Å². The molecule has 0 aromatic heterocycles. The van der Waals surface area contributed by atoms with Crippen molar-refractivity contribution in [2.45, 2.75) is 39.2 Å². The van der Waals surface area contributed by atoms with Crippen molar-refractivity contribution in [2.24, 2.45) is 0 Å². The average molecular weight is 288 g/mol. The van der Waals surface area contributed by atoms with Crippen LogP contribution in [0, 0.1) is 0 Å². The number of carbonyl (C=O) groups is 3. The molecule has 1 aromatic rings. The van der Waals surface area contributed by atoms with Crippen molar-refractivity contribution < 1.29 is 14.4 Å². The molecule has 1 aliphatic rings. The standard InChI is InChI=1S/C16H20N2O3/c1-10(2)11-5-7-12(8-6-11)13(19)9-18-14(20)16(3,4)17-15(18)21/h5-8,10H,9H2,1-4H3,(H,17,21). The Labute approximate surface area is 124 Å². The van der Waals surface area contributed by atoms with Crippen LogP contribution in [0.4, 0.5) is 4.79 Å². The van der Waals surface area contributed by atoms with Crippen LogP contribution in [0.5, 0.6) is 0 Å². The minimum absolute atomic E-state index is 0.227. The van der Waals surface area contributed by atoms with E-state index in [1.54, 1.807) is 26.0 Å². The maximum atomic E-state index is 12.2. The van der Waals surface area contributed by atoms with Gasteiger partial charge in [-0.15, -0.1) is 0 Å². The van der Waals surface area contributed by atoms with Crippen molar-refractivity contribution in [3.8, 4) is 0 Å². The van der Waals surface area contributed by atoms with Gasteiger partial charge in [0.1, 0.15) is 5.54 Å². The number of amides is 3. The normalized spacial score (nSPS) is 17.3. The van der Waals surface area contributed by atoms with E-state index in [9.17, 15) is 14.4 Å². The van der Waals surface area contributed by atoms with Crippen LogP contribution < -0.4 is 5.32 Å². The van der Waals surface area contributed by atoms with Crippen LogP contribution in [0.15, 0.2) is 24.3 Å². The molecule has 3 amide bonds. The summed E-state index contributed by atoms with van der Waals surface area (Å²) in [5.41, 5.74) is 0.700. The highest BCUT2D eigenvalue weighted by atomic mass is 16.2. The maximum absolute atomic E-state index is 12.2. The Morgan fingerprint density at radius 2 is 1.76 bits per heavy atom. The summed E-state index contributed by atoms with van der Waals surface area (Å²) in [4.78, 5) is 37.0. The predicted molar refractivity (Wildman–Crippen MR) is 79.2 cm³/mol. The van der Waals surface area contributed by atoms with Gasteiger partial charge in [0.05, 0.1) is 6.54 Å². The minimum atomic E-state index is -0.946. The van der Waals surface area contributed by atoms with Crippen LogP contribution in [0.3, 0.4) is 0 Å². The molecular formula is C16H20N2O3. The maximum Gasteiger partial charge on any atom is 0.325 e. The summed E-state index contributed by atoms with van der Waals surface area (Å²) in [6.07, 6.45) is 0. The Bertz CT molecular complexity index is 588. The lowest BCUT2D eigenvalue weighted by Gasteiger charge is -2.15. The second kappa shape index (κ2) is 5.31. The van der Waals surface area contributed by atoms with Gasteiger partial charge in [0.25, 0.3) is 5.91 Å². The van der Waals surface area contributed by atoms with E-state index in [4.69, 9.17) is 0 Å². The van der Waals surface area contributed by atoms with Gasteiger partial charge in [-0.2, -0.15) is 0 Å². The molecule has 0 unspecified atom stereocenters. The molecule has 21 heavy (non-hydrogen) atoms. The number of rotatable bonds is 4. The zero-order valence-electron chi connectivity index (χ0n) is 12.8. The zero-order valence-corrected chi connectivity index (χ0v) is 12.8. The van der Waals surface area contributed by atoms with E-state index in [0.29, 0.717) is 11.5 Å². The highest BCUT2D eigenvalue weighted by Gasteiger charge is 2.44. The second-order valence-electron chi connectivity index (χ2n) is 6.15. The Kier molecular flexibility index (Phi) is 3.85. The molecule has 1 saturated heterocycles. The smallest absolute Gasteiger partial charge is 0.324 e. The number of hydrogen-bond donors (Lipinski definition) is 1. The van der Waals surface area contributed by atoms with Gasteiger partial charge in [-0.05, 0) is 25.3 Å². The van der Waals surface area contributed by atoms with E-state index in [1.165, 1.54) is 0 Å². The summed E-state index contributed by atoms with van der Waals surface area (Å²) >= 11 is 0. The first-order valence-corrected chi connectivity index (χ1v) is 6.99. The molecule has 5 nitrogen and oxygen atoms in total. The molecule has 1 heterocycles. The van der Waals surface area contributed by atoms with E-state index < -0.39 is 11.6 Å². The van der Waals surface area contributed by atoms with Crippen molar-refractivity contribution in [3.05, 3.63) is 35.4 Å². The summed E-state index contributed by atoms with van der Waals surface area (Å²) in [5, 5.41) is 2.56. The van der Waals surface area contributed by atoms with Gasteiger partial charge in [-0.1, -0.05) is 38.1 Å². The molecule has 1 aliphatic heterocycles. The molecule has 1 fully saturated rings. The summed E-state index contributed by atoms with van der Waals surface area (Å²) in [5.74, 6) is -0.230. The molecule has 112 valence electrons. The number of imide groups is 1. The van der Waals surface area contributed by atoms with E-state index in [1.807, 2.05) is 12.1 Å². The third-order valence-corrected chi connectivity index (χ3v) is 3.65. The lowest BCUT2D eigenvalue weighted by molar-refractivity contribution is -0.129. The number of urea groups is 1. The fourth-order valence-electron chi connectivity index (χ4n) is 2.25. The second-order valence-corrected chi connectivity index (χ2v) is 6.15. The molecule has 1 N–H and O–H groups in total. The van der Waals surface area contributed by atoms with Crippen molar-refractivity contribution in [3.63, 3.8) is 0 Å². The fourth-order valence-corrected chi connectivity index (χ4v) is 2.25. The van der Waals surface area contributed by atoms with E-state index in [-0.39, 0.29) is 18.2 Å². The van der Waals surface area contributed by atoms with Gasteiger partial charge >= 0.3 is 6.03 Å². The van der Waals surface area contributed by atoms with Gasteiger partial charge in [-0.3, -0.25) is 14.5 Å². The molecule has 2 rings (SSSR count). The van der Waals surface area contributed by atoms with Gasteiger partial charge in [0.15, 0.2) is 5.78 Å². The molecule has 0 aliphatic carbocycles. The summed E-state index contributed by atoms with van der Waals surface area (Å²) in [6.45, 7) is 7.16. The Morgan fingerprint density at radius 1 is 1.19 bits per heavy atom. The lowest BCUT2D eigenvalue weighted by Crippen LogP contribution is -2.41. The molecule has 0 radical (unpaired) electrons. The average Bonchev–Trinajstić information content (AvgIpc) is 2.61. The van der Waals surface area contributed by atoms with Crippen LogP contribution in [0.2, 0.25) is 0 Å². The molecule has 0 bridgehead atoms. The topological polar surface area (TPSA) is 66.5 Å². The quantitative estimate of drug-likeness (QED) is 0.683. The minimum Gasteiger partial charge on any atom is -0.324 e. The van der Waals surface area contributed by atoms with Crippen molar-refractivity contribution in [1.29, 1.82) is 0 Å². The predicted octanol–water partition coefficient (Wildman–Crippen LogP) is 2.32. The highest BCUT2D eigenvalue weighted by molar-refractivity contribution is 6.10. The van der Waals surface area contributed by atoms with Crippen LogP contribution in [0.1, 0.15) is 49.5 Å². The molecular weight excluding hydrogens is 268 g/mol. The third kappa shape index (κ3) is 2.96. The van der Waals surface area contributed by atoms with Crippen LogP contribution in [0.25, 0.3) is 0 Å². The highest BCUT2D eigenvalue weighted by Crippen LogP contribution is 2.18. The Hall–Kier alpha value is -2.17. The van der Waals surface area contributed by atoms with Gasteiger partial charge in [0.2, 0.25) is 0 Å². The van der Waals surface area contributed by atoms with Gasteiger partial charge in [0, 0.05) is 5.56 Å². The lowest BCUT2D eigenvalue weighted by atomic mass is 10.0. The number of nitrogens with zero attached hydrogens (tertiary/aromatic N) is 1. The van der Waals surface area contributed by atoms with E-state index in [0.717, 1.165) is 10.5 Å². The first kappa shape index (κ1) is 15.2. The Morgan fingerprint density at radius 3 is 2.19 bits per heavy atom. The van der Waals surface area contributed by atoms with Crippen LogP contribution in [-0.2, 0) is 4.79 Å². The molecule has 5 heteroatoms. The number of hydrogen-bond acceptors (Lipinski definition) is 3. The zero-order chi connectivity index (χ0) is 15.8. The molecule has 0 spiro atoms. The summed E-state index contributed by atoms with van der Waals surface area (Å²) < 4.78 is 0. The Balaban J connectivity index is 2.11. The van der Waals surface area contributed by atoms with E-state index in [2.05, 4.69) is 19.2 Å². The largest absolute Gasteiger partial charge is 0.325 e. The van der Waals surface area contributed by atoms with Crippen LogP contribution >= 0.6 is 0 Å². The number of ketones is 1. The summed E-state index contributed by atoms with van der Waals surface area (Å²) in [6, 6.07) is 6.75. The molecule has 0 atom stereocenters. The van der Waals surface area contributed by atoms with Crippen LogP contribution in [-0.4, -0.2) is 34.7 Å². The molecule has 0 saturated carbocycles. The van der Waals surface area contributed by atoms with Gasteiger partial charge < -0.3 is 5.32 Å². The number of nitrogens with one attached hydrogen (secondary N) is 1. The van der Waals surface area contributed by atoms with Crippen molar-refractivity contribution in [1.82, 2.24) is 10.2 Å². The van der Waals surface area contributed by atoms with E-state index >= 15 is 0 Å². The first-order chi connectivity index (χ1) is 9.72. The summed E-state index contributed by atoms with van der Waals surface area (Å²) in [7, 11) is 0. The number of benzene rings is 1.